The molecule has 2 nitrogen and oxygen atoms in total. The van der Waals surface area contributed by atoms with Crippen LogP contribution in [0.1, 0.15) is 58.3 Å². The number of allylic oxidation sites excluding steroid dienone is 1. The molecule has 0 aromatic rings. The van der Waals surface area contributed by atoms with Crippen LogP contribution in [0.25, 0.3) is 0 Å². The van der Waals surface area contributed by atoms with E-state index in [1.807, 2.05) is 6.08 Å². The van der Waals surface area contributed by atoms with E-state index in [9.17, 15) is 4.79 Å². The van der Waals surface area contributed by atoms with Crippen LogP contribution in [0.15, 0.2) is 11.6 Å². The predicted molar refractivity (Wildman–Crippen MR) is 74.6 cm³/mol. The zero-order valence-corrected chi connectivity index (χ0v) is 11.6. The zero-order valence-electron chi connectivity index (χ0n) is 10.8. The van der Waals surface area contributed by atoms with Gasteiger partial charge >= 0.3 is 5.97 Å². The van der Waals surface area contributed by atoms with Gasteiger partial charge in [0.15, 0.2) is 0 Å². The molecule has 1 atom stereocenters. The summed E-state index contributed by atoms with van der Waals surface area (Å²) in [5.41, 5.74) is 0.479. The fourth-order valence-corrected chi connectivity index (χ4v) is 2.50. The van der Waals surface area contributed by atoms with Gasteiger partial charge in [-0.15, -0.1) is 0 Å². The second kappa shape index (κ2) is 8.62. The number of hydrogen-bond acceptors (Lipinski definition) is 2. The Hall–Kier alpha value is -0.440. The molecule has 1 heterocycles. The molecule has 1 N–H and O–H groups in total. The summed E-state index contributed by atoms with van der Waals surface area (Å²) >= 11 is 2.09. The summed E-state index contributed by atoms with van der Waals surface area (Å²) in [7, 11) is 0. The fraction of sp³-hybridized carbons (Fsp3) is 0.786. The molecule has 98 valence electrons. The average Bonchev–Trinajstić information content (AvgIpc) is 3.10. The molecule has 0 aromatic heterocycles. The van der Waals surface area contributed by atoms with Crippen molar-refractivity contribution in [3.63, 3.8) is 0 Å². The minimum Gasteiger partial charge on any atom is -0.478 e. The Morgan fingerprint density at radius 2 is 1.82 bits per heavy atom. The smallest absolute Gasteiger partial charge is 0.330 e. The van der Waals surface area contributed by atoms with E-state index in [-0.39, 0.29) is 0 Å². The highest BCUT2D eigenvalue weighted by Crippen LogP contribution is 2.34. The highest BCUT2D eigenvalue weighted by atomic mass is 32.2. The number of aliphatic carboxylic acids is 1. The number of carboxylic acids is 1. The van der Waals surface area contributed by atoms with Crippen molar-refractivity contribution in [2.45, 2.75) is 63.5 Å². The molecule has 0 aliphatic carbocycles. The monoisotopic (exact) mass is 256 g/mol. The Morgan fingerprint density at radius 1 is 1.24 bits per heavy atom. The summed E-state index contributed by atoms with van der Waals surface area (Å²) in [5.74, 6) is 0.609. The van der Waals surface area contributed by atoms with E-state index >= 15 is 0 Å². The van der Waals surface area contributed by atoms with Crippen LogP contribution in [0.5, 0.6) is 0 Å². The van der Waals surface area contributed by atoms with Crippen LogP contribution >= 0.6 is 11.8 Å². The lowest BCUT2D eigenvalue weighted by atomic mass is 10.1. The van der Waals surface area contributed by atoms with Gasteiger partial charge in [-0.1, -0.05) is 38.2 Å². The van der Waals surface area contributed by atoms with Gasteiger partial charge in [-0.25, -0.2) is 4.79 Å². The largest absolute Gasteiger partial charge is 0.478 e. The van der Waals surface area contributed by atoms with Crippen LogP contribution in [0.2, 0.25) is 0 Å². The van der Waals surface area contributed by atoms with Crippen LogP contribution in [-0.2, 0) is 4.79 Å². The topological polar surface area (TPSA) is 37.3 Å². The highest BCUT2D eigenvalue weighted by Gasteiger charge is 2.20. The van der Waals surface area contributed by atoms with E-state index < -0.39 is 5.97 Å². The first kappa shape index (κ1) is 14.6. The Morgan fingerprint density at radius 3 is 2.41 bits per heavy atom. The molecule has 1 saturated heterocycles. The third-order valence-electron chi connectivity index (χ3n) is 3.17. The molecule has 0 saturated carbocycles. The number of thioether (sulfide) groups is 1. The standard InChI is InChI=1S/C14H24O2S/c1-12(14(15)16)9-7-5-3-2-4-6-8-10-13-11-17-13/h9,13H,2-8,10-11H2,1H3,(H,15,16). The highest BCUT2D eigenvalue weighted by molar-refractivity contribution is 8.06. The molecule has 0 spiro atoms. The first-order valence-corrected chi connectivity index (χ1v) is 7.76. The Labute approximate surface area is 109 Å². The molecule has 0 amide bonds. The zero-order chi connectivity index (χ0) is 12.5. The summed E-state index contributed by atoms with van der Waals surface area (Å²) in [6.45, 7) is 1.66. The van der Waals surface area contributed by atoms with Gasteiger partial charge in [0.05, 0.1) is 0 Å². The van der Waals surface area contributed by atoms with Gasteiger partial charge in [-0.05, 0) is 26.2 Å². The van der Waals surface area contributed by atoms with Crippen molar-refractivity contribution in [3.8, 4) is 0 Å². The average molecular weight is 256 g/mol. The molecule has 0 radical (unpaired) electrons. The molecule has 0 bridgehead atoms. The van der Waals surface area contributed by atoms with Crippen molar-refractivity contribution < 1.29 is 9.90 Å². The van der Waals surface area contributed by atoms with E-state index in [4.69, 9.17) is 5.11 Å². The molecular formula is C14H24O2S. The molecule has 1 fully saturated rings. The second-order valence-electron chi connectivity index (χ2n) is 4.85. The number of carbonyl (C=O) groups is 1. The number of unbranched alkanes of at least 4 members (excludes halogenated alkanes) is 6. The molecule has 17 heavy (non-hydrogen) atoms. The van der Waals surface area contributed by atoms with Crippen LogP contribution in [-0.4, -0.2) is 22.1 Å². The third kappa shape index (κ3) is 8.31. The number of hydrogen-bond donors (Lipinski definition) is 1. The first-order chi connectivity index (χ1) is 8.20. The Kier molecular flexibility index (Phi) is 7.41. The molecule has 0 aromatic carbocycles. The van der Waals surface area contributed by atoms with Crippen LogP contribution in [0.3, 0.4) is 0 Å². The lowest BCUT2D eigenvalue weighted by Crippen LogP contribution is -1.95. The van der Waals surface area contributed by atoms with Gasteiger partial charge in [-0.3, -0.25) is 0 Å². The van der Waals surface area contributed by atoms with Crippen molar-refractivity contribution in [1.29, 1.82) is 0 Å². The van der Waals surface area contributed by atoms with Crippen molar-refractivity contribution in [2.24, 2.45) is 0 Å². The quantitative estimate of drug-likeness (QED) is 0.360. The van der Waals surface area contributed by atoms with E-state index in [1.54, 1.807) is 6.92 Å². The lowest BCUT2D eigenvalue weighted by molar-refractivity contribution is -0.132. The Balaban J connectivity index is 1.80. The van der Waals surface area contributed by atoms with Gasteiger partial charge < -0.3 is 5.11 Å². The van der Waals surface area contributed by atoms with Gasteiger partial charge in [-0.2, -0.15) is 11.8 Å². The molecule has 3 heteroatoms. The lowest BCUT2D eigenvalue weighted by Gasteiger charge is -2.00. The SMILES string of the molecule is CC(=CCCCCCCCCC1CS1)C(=O)O. The van der Waals surface area contributed by atoms with Gasteiger partial charge in [0.2, 0.25) is 0 Å². The summed E-state index contributed by atoms with van der Waals surface area (Å²) in [6.07, 6.45) is 12.0. The third-order valence-corrected chi connectivity index (χ3v) is 4.21. The maximum atomic E-state index is 10.5. The molecular weight excluding hydrogens is 232 g/mol. The van der Waals surface area contributed by atoms with Gasteiger partial charge in [0.1, 0.15) is 0 Å². The number of carboxylic acid groups (broad SMARTS) is 1. The van der Waals surface area contributed by atoms with E-state index in [0.717, 1.165) is 18.1 Å². The number of rotatable bonds is 10. The summed E-state index contributed by atoms with van der Waals surface area (Å²) < 4.78 is 0. The summed E-state index contributed by atoms with van der Waals surface area (Å²) in [4.78, 5) is 10.5. The molecule has 1 rings (SSSR count). The van der Waals surface area contributed by atoms with E-state index in [2.05, 4.69) is 11.8 Å². The fourth-order valence-electron chi connectivity index (χ4n) is 1.86. The normalized spacial score (nSPS) is 19.4. The van der Waals surface area contributed by atoms with Gasteiger partial charge in [0, 0.05) is 16.6 Å². The van der Waals surface area contributed by atoms with Crippen molar-refractivity contribution in [2.75, 3.05) is 5.75 Å². The molecule has 1 aliphatic rings. The predicted octanol–water partition coefficient (Wildman–Crippen LogP) is 4.25. The molecule has 1 unspecified atom stereocenters. The first-order valence-electron chi connectivity index (χ1n) is 6.72. The Bertz CT molecular complexity index is 257. The second-order valence-corrected chi connectivity index (χ2v) is 6.18. The van der Waals surface area contributed by atoms with Gasteiger partial charge in [0.25, 0.3) is 0 Å². The maximum absolute atomic E-state index is 10.5. The van der Waals surface area contributed by atoms with Crippen LogP contribution < -0.4 is 0 Å². The van der Waals surface area contributed by atoms with Crippen molar-refractivity contribution in [1.82, 2.24) is 0 Å². The molecule has 1 aliphatic heterocycles. The maximum Gasteiger partial charge on any atom is 0.330 e. The summed E-state index contributed by atoms with van der Waals surface area (Å²) in [6, 6.07) is 0. The van der Waals surface area contributed by atoms with E-state index in [0.29, 0.717) is 5.57 Å². The minimum absolute atomic E-state index is 0.479. The van der Waals surface area contributed by atoms with Crippen molar-refractivity contribution in [3.05, 3.63) is 11.6 Å². The van der Waals surface area contributed by atoms with Crippen LogP contribution in [0, 0.1) is 0 Å². The van der Waals surface area contributed by atoms with E-state index in [1.165, 1.54) is 44.3 Å². The van der Waals surface area contributed by atoms with Crippen molar-refractivity contribution >= 4 is 17.7 Å². The minimum atomic E-state index is -0.789. The summed E-state index contributed by atoms with van der Waals surface area (Å²) in [5, 5.41) is 9.66. The van der Waals surface area contributed by atoms with Crippen LogP contribution in [0.4, 0.5) is 0 Å².